The number of rotatable bonds is 3. The van der Waals surface area contributed by atoms with Gasteiger partial charge in [-0.05, 0) is 49.1 Å². The van der Waals surface area contributed by atoms with Crippen LogP contribution in [0.3, 0.4) is 0 Å². The summed E-state index contributed by atoms with van der Waals surface area (Å²) >= 11 is 0. The van der Waals surface area contributed by atoms with Gasteiger partial charge >= 0.3 is 0 Å². The Morgan fingerprint density at radius 1 is 1.21 bits per heavy atom. The zero-order valence-corrected chi connectivity index (χ0v) is 13.5. The van der Waals surface area contributed by atoms with E-state index >= 15 is 0 Å². The Morgan fingerprint density at radius 3 is 2.88 bits per heavy atom. The molecule has 1 aliphatic heterocycles. The predicted molar refractivity (Wildman–Crippen MR) is 89.2 cm³/mol. The first-order chi connectivity index (χ1) is 11.6. The van der Waals surface area contributed by atoms with Crippen molar-refractivity contribution in [3.63, 3.8) is 0 Å². The third-order valence-corrected chi connectivity index (χ3v) is 4.28. The van der Waals surface area contributed by atoms with Crippen LogP contribution >= 0.6 is 0 Å². The van der Waals surface area contributed by atoms with E-state index in [-0.39, 0.29) is 17.8 Å². The first kappa shape index (κ1) is 16.6. The second-order valence-electron chi connectivity index (χ2n) is 6.20. The number of aromatic nitrogens is 1. The largest absolute Gasteiger partial charge is 0.393 e. The lowest BCUT2D eigenvalue weighted by Crippen LogP contribution is -2.33. The van der Waals surface area contributed by atoms with Crippen molar-refractivity contribution in [2.45, 2.75) is 31.8 Å². The highest BCUT2D eigenvalue weighted by Gasteiger charge is 2.21. The van der Waals surface area contributed by atoms with Gasteiger partial charge in [0.25, 0.3) is 5.91 Å². The van der Waals surface area contributed by atoms with Crippen LogP contribution in [0.1, 0.15) is 41.0 Å². The van der Waals surface area contributed by atoms with E-state index in [0.717, 1.165) is 24.1 Å². The van der Waals surface area contributed by atoms with Crippen molar-refractivity contribution in [3.8, 4) is 0 Å². The number of amides is 1. The maximum Gasteiger partial charge on any atom is 0.272 e. The monoisotopic (exact) mass is 328 g/mol. The molecule has 2 heterocycles. The van der Waals surface area contributed by atoms with Gasteiger partial charge in [-0.25, -0.2) is 9.37 Å². The molecule has 24 heavy (non-hydrogen) atoms. The van der Waals surface area contributed by atoms with E-state index in [9.17, 15) is 14.3 Å². The Hall–Kier alpha value is -2.27. The molecular weight excluding hydrogens is 307 g/mol. The molecule has 1 aliphatic rings. The van der Waals surface area contributed by atoms with E-state index in [2.05, 4.69) is 4.98 Å². The fourth-order valence-electron chi connectivity index (χ4n) is 3.00. The number of halogens is 1. The topological polar surface area (TPSA) is 53.4 Å². The van der Waals surface area contributed by atoms with Gasteiger partial charge in [-0.2, -0.15) is 0 Å². The molecule has 4 nitrogen and oxygen atoms in total. The third-order valence-electron chi connectivity index (χ3n) is 4.28. The van der Waals surface area contributed by atoms with Gasteiger partial charge in [-0.1, -0.05) is 18.2 Å². The summed E-state index contributed by atoms with van der Waals surface area (Å²) in [4.78, 5) is 18.8. The lowest BCUT2D eigenvalue weighted by Gasteiger charge is -2.20. The summed E-state index contributed by atoms with van der Waals surface area (Å²) in [6.45, 7) is 1.20. The van der Waals surface area contributed by atoms with Crippen LogP contribution < -0.4 is 0 Å². The molecule has 1 atom stereocenters. The lowest BCUT2D eigenvalue weighted by molar-refractivity contribution is 0.0747. The molecule has 1 amide bonds. The minimum absolute atomic E-state index is 0.106. The minimum Gasteiger partial charge on any atom is -0.393 e. The number of carbonyl (C=O) groups is 1. The van der Waals surface area contributed by atoms with Gasteiger partial charge in [-0.15, -0.1) is 0 Å². The van der Waals surface area contributed by atoms with Crippen LogP contribution in [-0.4, -0.2) is 40.1 Å². The van der Waals surface area contributed by atoms with Crippen LogP contribution in [0.5, 0.6) is 0 Å². The molecule has 1 aromatic carbocycles. The van der Waals surface area contributed by atoms with E-state index in [0.29, 0.717) is 31.6 Å². The smallest absolute Gasteiger partial charge is 0.272 e. The Morgan fingerprint density at radius 2 is 2.04 bits per heavy atom. The summed E-state index contributed by atoms with van der Waals surface area (Å²) in [5, 5.41) is 9.71. The molecule has 0 aliphatic carbocycles. The number of hydrogen-bond donors (Lipinski definition) is 1. The number of aliphatic hydroxyl groups is 1. The molecule has 1 saturated heterocycles. The number of carbonyl (C=O) groups excluding carboxylic acids is 1. The van der Waals surface area contributed by atoms with Crippen LogP contribution in [0.25, 0.3) is 0 Å². The molecule has 5 heteroatoms. The van der Waals surface area contributed by atoms with Crippen LogP contribution in [0.4, 0.5) is 4.39 Å². The highest BCUT2D eigenvalue weighted by atomic mass is 19.1. The number of aliphatic hydroxyl groups excluding tert-OH is 1. The minimum atomic E-state index is -0.324. The van der Waals surface area contributed by atoms with E-state index in [1.165, 1.54) is 12.1 Å². The molecule has 0 saturated carbocycles. The number of likely N-dealkylation sites (tertiary alicyclic amines) is 1. The van der Waals surface area contributed by atoms with Crippen molar-refractivity contribution in [1.29, 1.82) is 0 Å². The molecular formula is C19H21FN2O2. The molecule has 1 fully saturated rings. The van der Waals surface area contributed by atoms with E-state index < -0.39 is 0 Å². The molecule has 1 N–H and O–H groups in total. The highest BCUT2D eigenvalue weighted by Crippen LogP contribution is 2.15. The fraction of sp³-hybridized carbons (Fsp3) is 0.368. The van der Waals surface area contributed by atoms with Crippen LogP contribution in [0.2, 0.25) is 0 Å². The normalized spacial score (nSPS) is 18.2. The average Bonchev–Trinajstić information content (AvgIpc) is 2.79. The Kier molecular flexibility index (Phi) is 5.20. The van der Waals surface area contributed by atoms with Crippen molar-refractivity contribution in [2.24, 2.45) is 0 Å². The maximum absolute atomic E-state index is 13.3. The second-order valence-corrected chi connectivity index (χ2v) is 6.20. The zero-order chi connectivity index (χ0) is 16.9. The van der Waals surface area contributed by atoms with Crippen molar-refractivity contribution in [3.05, 3.63) is 65.2 Å². The first-order valence-corrected chi connectivity index (χ1v) is 8.29. The number of benzene rings is 1. The second kappa shape index (κ2) is 7.53. The molecule has 0 radical (unpaired) electrons. The molecule has 1 aromatic heterocycles. The lowest BCUT2D eigenvalue weighted by atomic mass is 10.1. The number of pyridine rings is 1. The summed E-state index contributed by atoms with van der Waals surface area (Å²) < 4.78 is 13.3. The summed E-state index contributed by atoms with van der Waals surface area (Å²) in [5.41, 5.74) is 1.96. The van der Waals surface area contributed by atoms with Crippen molar-refractivity contribution in [1.82, 2.24) is 9.88 Å². The molecule has 2 aromatic rings. The van der Waals surface area contributed by atoms with Crippen LogP contribution in [0.15, 0.2) is 42.5 Å². The van der Waals surface area contributed by atoms with Gasteiger partial charge in [-0.3, -0.25) is 4.79 Å². The van der Waals surface area contributed by atoms with Crippen LogP contribution in [-0.2, 0) is 6.42 Å². The molecule has 126 valence electrons. The van der Waals surface area contributed by atoms with Gasteiger partial charge < -0.3 is 10.0 Å². The Labute approximate surface area is 141 Å². The van der Waals surface area contributed by atoms with Gasteiger partial charge in [0.05, 0.1) is 6.10 Å². The van der Waals surface area contributed by atoms with Crippen molar-refractivity contribution >= 4 is 5.91 Å². The van der Waals surface area contributed by atoms with E-state index in [1.807, 2.05) is 18.2 Å². The van der Waals surface area contributed by atoms with Crippen LogP contribution in [0, 0.1) is 5.82 Å². The molecule has 0 bridgehead atoms. The number of hydrogen-bond acceptors (Lipinski definition) is 3. The first-order valence-electron chi connectivity index (χ1n) is 8.29. The third kappa shape index (κ3) is 4.17. The highest BCUT2D eigenvalue weighted by molar-refractivity contribution is 5.92. The maximum atomic E-state index is 13.3. The SMILES string of the molecule is O=C(c1cccc(Cc2cccc(F)c2)n1)N1CCCC(O)CC1. The molecule has 1 unspecified atom stereocenters. The Bertz CT molecular complexity index is 720. The van der Waals surface area contributed by atoms with E-state index in [4.69, 9.17) is 0 Å². The van der Waals surface area contributed by atoms with Gasteiger partial charge in [0.1, 0.15) is 11.5 Å². The van der Waals surface area contributed by atoms with Crippen molar-refractivity contribution in [2.75, 3.05) is 13.1 Å². The predicted octanol–water partition coefficient (Wildman–Crippen LogP) is 2.80. The Balaban J connectivity index is 1.73. The summed E-state index contributed by atoms with van der Waals surface area (Å²) in [7, 11) is 0. The van der Waals surface area contributed by atoms with Crippen molar-refractivity contribution < 1.29 is 14.3 Å². The van der Waals surface area contributed by atoms with E-state index in [1.54, 1.807) is 17.0 Å². The van der Waals surface area contributed by atoms with Gasteiger partial charge in [0, 0.05) is 25.2 Å². The zero-order valence-electron chi connectivity index (χ0n) is 13.5. The van der Waals surface area contributed by atoms with Gasteiger partial charge in [0.15, 0.2) is 0 Å². The molecule has 3 rings (SSSR count). The van der Waals surface area contributed by atoms with Gasteiger partial charge in [0.2, 0.25) is 0 Å². The summed E-state index contributed by atoms with van der Waals surface area (Å²) in [6, 6.07) is 11.8. The number of nitrogens with zero attached hydrogens (tertiary/aromatic N) is 2. The molecule has 0 spiro atoms. The average molecular weight is 328 g/mol. The fourth-order valence-corrected chi connectivity index (χ4v) is 3.00. The summed E-state index contributed by atoms with van der Waals surface area (Å²) in [5.74, 6) is -0.381. The quantitative estimate of drug-likeness (QED) is 0.943. The standard InChI is InChI=1S/C19H21FN2O2/c20-15-5-1-4-14(12-15)13-16-6-2-8-18(21-16)19(24)22-10-3-7-17(23)9-11-22/h1-2,4-6,8,12,17,23H,3,7,9-11,13H2. The summed E-state index contributed by atoms with van der Waals surface area (Å²) in [6.07, 6.45) is 2.30.